The van der Waals surface area contributed by atoms with E-state index in [9.17, 15) is 9.59 Å². The number of carbonyl (C=O) groups is 2. The van der Waals surface area contributed by atoms with E-state index in [0.717, 1.165) is 22.3 Å². The topological polar surface area (TPSA) is 43.4 Å². The smallest absolute Gasteiger partial charge is 0.312 e. The van der Waals surface area contributed by atoms with Crippen molar-refractivity contribution < 1.29 is 14.3 Å². The molecule has 2 aromatic carbocycles. The average molecular weight is 348 g/mol. The number of hydrogen-bond donors (Lipinski definition) is 0. The summed E-state index contributed by atoms with van der Waals surface area (Å²) in [5.41, 5.74) is 3.56. The zero-order valence-electron chi connectivity index (χ0n) is 15.4. The van der Waals surface area contributed by atoms with Gasteiger partial charge in [-0.15, -0.1) is 0 Å². The van der Waals surface area contributed by atoms with Gasteiger partial charge in [0.15, 0.2) is 5.78 Å². The maximum absolute atomic E-state index is 12.4. The molecule has 0 radical (unpaired) electrons. The second kappa shape index (κ2) is 9.52. The lowest BCUT2D eigenvalue weighted by molar-refractivity contribution is -0.142. The first kappa shape index (κ1) is 19.4. The van der Waals surface area contributed by atoms with Crippen molar-refractivity contribution in [2.24, 2.45) is 0 Å². The van der Waals surface area contributed by atoms with E-state index in [-0.39, 0.29) is 17.7 Å². The van der Waals surface area contributed by atoms with Crippen molar-refractivity contribution in [3.8, 4) is 0 Å². The van der Waals surface area contributed by atoms with Crippen molar-refractivity contribution in [3.05, 3.63) is 82.9 Å². The van der Waals surface area contributed by atoms with Crippen LogP contribution in [0.1, 0.15) is 42.9 Å². The molecule has 2 aromatic rings. The third-order valence-corrected chi connectivity index (χ3v) is 4.26. The minimum Gasteiger partial charge on any atom is -0.469 e. The molecular formula is C23H24O3. The van der Waals surface area contributed by atoms with Gasteiger partial charge in [0.2, 0.25) is 0 Å². The van der Waals surface area contributed by atoms with Crippen LogP contribution in [0.25, 0.3) is 12.2 Å². The Balaban J connectivity index is 2.13. The number of hydrogen-bond acceptors (Lipinski definition) is 3. The number of allylic oxidation sites excluding steroid dienone is 2. The van der Waals surface area contributed by atoms with Gasteiger partial charge in [0.25, 0.3) is 0 Å². The van der Waals surface area contributed by atoms with E-state index in [2.05, 4.69) is 0 Å². The van der Waals surface area contributed by atoms with Crippen molar-refractivity contribution in [1.82, 2.24) is 0 Å². The lowest BCUT2D eigenvalue weighted by Gasteiger charge is -2.09. The highest BCUT2D eigenvalue weighted by Crippen LogP contribution is 2.19. The van der Waals surface area contributed by atoms with Crippen LogP contribution in [0.15, 0.2) is 66.2 Å². The van der Waals surface area contributed by atoms with Gasteiger partial charge in [-0.05, 0) is 47.8 Å². The van der Waals surface area contributed by atoms with Crippen LogP contribution in [0.4, 0.5) is 0 Å². The number of ketones is 1. The van der Waals surface area contributed by atoms with Gasteiger partial charge < -0.3 is 4.74 Å². The number of benzene rings is 2. The van der Waals surface area contributed by atoms with E-state index >= 15 is 0 Å². The van der Waals surface area contributed by atoms with Gasteiger partial charge >= 0.3 is 5.97 Å². The Bertz CT molecular complexity index is 799. The molecule has 0 bridgehead atoms. The van der Waals surface area contributed by atoms with Gasteiger partial charge in [-0.2, -0.15) is 0 Å². The molecule has 1 atom stereocenters. The van der Waals surface area contributed by atoms with Crippen molar-refractivity contribution in [1.29, 1.82) is 0 Å². The summed E-state index contributed by atoms with van der Waals surface area (Å²) >= 11 is 0. The average Bonchev–Trinajstić information content (AvgIpc) is 2.70. The van der Waals surface area contributed by atoms with Crippen LogP contribution in [-0.2, 0) is 14.3 Å². The van der Waals surface area contributed by atoms with Crippen LogP contribution in [0.2, 0.25) is 0 Å². The maximum Gasteiger partial charge on any atom is 0.312 e. The summed E-state index contributed by atoms with van der Waals surface area (Å²) < 4.78 is 4.77. The summed E-state index contributed by atoms with van der Waals surface area (Å²) in [7, 11) is 1.39. The van der Waals surface area contributed by atoms with E-state index in [4.69, 9.17) is 4.74 Å². The van der Waals surface area contributed by atoms with Crippen LogP contribution in [-0.4, -0.2) is 18.9 Å². The van der Waals surface area contributed by atoms with E-state index in [1.54, 1.807) is 6.08 Å². The largest absolute Gasteiger partial charge is 0.469 e. The molecule has 3 heteroatoms. The first-order valence-corrected chi connectivity index (χ1v) is 8.71. The van der Waals surface area contributed by atoms with Crippen molar-refractivity contribution in [2.75, 3.05) is 7.11 Å². The van der Waals surface area contributed by atoms with Gasteiger partial charge in [-0.3, -0.25) is 9.59 Å². The first-order chi connectivity index (χ1) is 12.5. The highest BCUT2D eigenvalue weighted by atomic mass is 16.5. The van der Waals surface area contributed by atoms with E-state index in [0.29, 0.717) is 6.42 Å². The number of ether oxygens (including phenoxy) is 1. The Morgan fingerprint density at radius 3 is 2.23 bits per heavy atom. The molecule has 0 spiro atoms. The fourth-order valence-electron chi connectivity index (χ4n) is 2.59. The molecule has 0 saturated heterocycles. The third-order valence-electron chi connectivity index (χ3n) is 4.26. The highest BCUT2D eigenvalue weighted by Gasteiger charge is 2.15. The second-order valence-corrected chi connectivity index (χ2v) is 6.04. The molecule has 0 aliphatic heterocycles. The minimum absolute atomic E-state index is 0.00311. The van der Waals surface area contributed by atoms with E-state index in [1.807, 2.05) is 80.6 Å². The summed E-state index contributed by atoms with van der Waals surface area (Å²) in [6.07, 6.45) is 5.98. The fraction of sp³-hybridized carbons (Fsp3) is 0.217. The van der Waals surface area contributed by atoms with Gasteiger partial charge in [0, 0.05) is 0 Å². The number of esters is 1. The molecule has 134 valence electrons. The summed E-state index contributed by atoms with van der Waals surface area (Å²) in [5, 5.41) is 0. The van der Waals surface area contributed by atoms with Crippen LogP contribution in [0.3, 0.4) is 0 Å². The molecule has 1 unspecified atom stereocenters. The monoisotopic (exact) mass is 348 g/mol. The SMILES string of the molecule is CCC(=Cc1ccc(C(C)C(=O)OC)cc1)C(=O)C=Cc1ccccc1. The lowest BCUT2D eigenvalue weighted by atomic mass is 9.98. The summed E-state index contributed by atoms with van der Waals surface area (Å²) in [4.78, 5) is 24.1. The Morgan fingerprint density at radius 2 is 1.65 bits per heavy atom. The van der Waals surface area contributed by atoms with Crippen LogP contribution < -0.4 is 0 Å². The molecule has 0 aliphatic rings. The number of carbonyl (C=O) groups excluding carboxylic acids is 2. The van der Waals surface area contributed by atoms with Crippen molar-refractivity contribution in [2.45, 2.75) is 26.2 Å². The first-order valence-electron chi connectivity index (χ1n) is 8.71. The van der Waals surface area contributed by atoms with Gasteiger partial charge in [0.05, 0.1) is 13.0 Å². The number of methoxy groups -OCH3 is 1. The second-order valence-electron chi connectivity index (χ2n) is 6.04. The molecule has 0 aliphatic carbocycles. The molecule has 26 heavy (non-hydrogen) atoms. The zero-order valence-corrected chi connectivity index (χ0v) is 15.4. The maximum atomic E-state index is 12.4. The third kappa shape index (κ3) is 5.28. The van der Waals surface area contributed by atoms with Gasteiger partial charge in [0.1, 0.15) is 0 Å². The summed E-state index contributed by atoms with van der Waals surface area (Å²) in [6.45, 7) is 3.78. The fourth-order valence-corrected chi connectivity index (χ4v) is 2.59. The molecule has 3 nitrogen and oxygen atoms in total. The zero-order chi connectivity index (χ0) is 18.9. The Morgan fingerprint density at radius 1 is 1.00 bits per heavy atom. The summed E-state index contributed by atoms with van der Waals surface area (Å²) in [5.74, 6) is -0.564. The lowest BCUT2D eigenvalue weighted by Crippen LogP contribution is -2.10. The van der Waals surface area contributed by atoms with Crippen LogP contribution >= 0.6 is 0 Å². The summed E-state index contributed by atoms with van der Waals surface area (Å²) in [6, 6.07) is 17.4. The molecule has 0 amide bonds. The molecule has 0 heterocycles. The van der Waals surface area contributed by atoms with Gasteiger partial charge in [-0.1, -0.05) is 67.6 Å². The number of rotatable bonds is 7. The highest BCUT2D eigenvalue weighted by molar-refractivity contribution is 6.09. The van der Waals surface area contributed by atoms with Gasteiger partial charge in [-0.25, -0.2) is 0 Å². The molecular weight excluding hydrogens is 324 g/mol. The Kier molecular flexibility index (Phi) is 7.10. The predicted molar refractivity (Wildman–Crippen MR) is 106 cm³/mol. The van der Waals surface area contributed by atoms with Crippen molar-refractivity contribution in [3.63, 3.8) is 0 Å². The van der Waals surface area contributed by atoms with Crippen LogP contribution in [0, 0.1) is 0 Å². The normalized spacial score (nSPS) is 12.8. The molecule has 0 aromatic heterocycles. The van der Waals surface area contributed by atoms with Crippen molar-refractivity contribution >= 4 is 23.9 Å². The Labute approximate surface area is 155 Å². The standard InChI is InChI=1S/C23H24O3/c1-4-20(22(24)15-12-18-8-6-5-7-9-18)16-19-10-13-21(14-11-19)17(2)23(25)26-3/h5-17H,4H2,1-3H3. The van der Waals surface area contributed by atoms with E-state index < -0.39 is 0 Å². The molecule has 2 rings (SSSR count). The minimum atomic E-state index is -0.306. The molecule has 0 N–H and O–H groups in total. The predicted octanol–water partition coefficient (Wildman–Crippen LogP) is 5.04. The molecule has 0 fully saturated rings. The van der Waals surface area contributed by atoms with E-state index in [1.165, 1.54) is 7.11 Å². The Hall–Kier alpha value is -2.94. The molecule has 0 saturated carbocycles. The quantitative estimate of drug-likeness (QED) is 0.520. The van der Waals surface area contributed by atoms with Crippen LogP contribution in [0.5, 0.6) is 0 Å².